The Hall–Kier alpha value is -4.83. The Kier molecular flexibility index (Phi) is 6.75. The highest BCUT2D eigenvalue weighted by atomic mass is 19.1. The van der Waals surface area contributed by atoms with Crippen LogP contribution in [0, 0.1) is 12.7 Å². The van der Waals surface area contributed by atoms with Crippen molar-refractivity contribution in [2.75, 3.05) is 18.5 Å². The average Bonchev–Trinajstić information content (AvgIpc) is 3.57. The van der Waals surface area contributed by atoms with Gasteiger partial charge in [0.25, 0.3) is 5.91 Å². The van der Waals surface area contributed by atoms with Gasteiger partial charge in [0.1, 0.15) is 18.8 Å². The number of anilines is 1. The number of ether oxygens (including phenoxy) is 2. The van der Waals surface area contributed by atoms with E-state index in [9.17, 15) is 4.79 Å². The molecule has 42 heavy (non-hydrogen) atoms. The molecule has 7 rings (SSSR count). The van der Waals surface area contributed by atoms with Gasteiger partial charge in [-0.3, -0.25) is 4.79 Å². The van der Waals surface area contributed by atoms with Crippen molar-refractivity contribution >= 4 is 11.6 Å². The van der Waals surface area contributed by atoms with Crippen LogP contribution in [0.1, 0.15) is 52.0 Å². The number of para-hydroxylation sites is 1. The van der Waals surface area contributed by atoms with Gasteiger partial charge in [-0.1, -0.05) is 36.4 Å². The zero-order chi connectivity index (χ0) is 28.6. The Bertz CT molecular complexity index is 1760. The highest BCUT2D eigenvalue weighted by Crippen LogP contribution is 2.40. The van der Waals surface area contributed by atoms with E-state index < -0.39 is 11.7 Å². The van der Waals surface area contributed by atoms with Gasteiger partial charge in [-0.25, -0.2) is 9.37 Å². The molecule has 0 spiro atoms. The number of aromatic nitrogens is 5. The van der Waals surface area contributed by atoms with Crippen LogP contribution in [0.15, 0.2) is 79.5 Å². The number of benzene rings is 3. The van der Waals surface area contributed by atoms with Crippen LogP contribution in [0.2, 0.25) is 0 Å². The predicted molar refractivity (Wildman–Crippen MR) is 154 cm³/mol. The molecule has 1 saturated carbocycles. The fraction of sp³-hybridized carbons (Fsp3) is 0.250. The SMILES string of the molecule is Cc1cc(F)c(C(=O)Nc2cccc3c2OC[C@H](COCc2ccccc2)n2cnnc2-3)cc1-n1cnc(C2CC2)c1. The second kappa shape index (κ2) is 10.9. The standard InChI is InChI=1S/C32H29FN6O3/c1-20-12-26(33)25(13-29(20)38-14-28(34-18-38)22-10-11-22)32(40)36-27-9-5-8-24-30(27)42-17-23(39-19-35-37-31(24)39)16-41-15-21-6-3-2-4-7-21/h2-9,12-14,18-19,22-23H,10-11,15-17H2,1H3,(H,36,40)/t23-/m0/s1. The molecule has 0 saturated heterocycles. The number of hydrogen-bond acceptors (Lipinski definition) is 6. The summed E-state index contributed by atoms with van der Waals surface area (Å²) in [5.74, 6) is 0.352. The molecule has 1 atom stereocenters. The second-order valence-corrected chi connectivity index (χ2v) is 10.8. The number of carbonyl (C=O) groups is 1. The number of amides is 1. The fourth-order valence-corrected chi connectivity index (χ4v) is 5.31. The quantitative estimate of drug-likeness (QED) is 0.254. The van der Waals surface area contributed by atoms with E-state index in [1.807, 2.05) is 58.7 Å². The molecule has 2 aromatic heterocycles. The molecule has 1 aliphatic carbocycles. The second-order valence-electron chi connectivity index (χ2n) is 10.8. The Morgan fingerprint density at radius 2 is 1.98 bits per heavy atom. The van der Waals surface area contributed by atoms with Crippen molar-refractivity contribution in [3.05, 3.63) is 108 Å². The van der Waals surface area contributed by atoms with Crippen LogP contribution in [0.4, 0.5) is 10.1 Å². The molecule has 0 unspecified atom stereocenters. The Morgan fingerprint density at radius 3 is 2.81 bits per heavy atom. The average molecular weight is 565 g/mol. The first-order chi connectivity index (χ1) is 20.5. The number of rotatable bonds is 8. The molecule has 3 heterocycles. The van der Waals surface area contributed by atoms with Crippen molar-refractivity contribution in [3.8, 4) is 22.8 Å². The molecule has 5 aromatic rings. The van der Waals surface area contributed by atoms with Gasteiger partial charge in [-0.05, 0) is 55.2 Å². The van der Waals surface area contributed by atoms with Crippen LogP contribution in [-0.4, -0.2) is 43.4 Å². The summed E-state index contributed by atoms with van der Waals surface area (Å²) in [6, 6.07) is 18.1. The maximum atomic E-state index is 15.1. The van der Waals surface area contributed by atoms with E-state index in [4.69, 9.17) is 9.47 Å². The molecule has 0 radical (unpaired) electrons. The van der Waals surface area contributed by atoms with Gasteiger partial charge in [0.05, 0.1) is 53.8 Å². The van der Waals surface area contributed by atoms with E-state index in [2.05, 4.69) is 20.5 Å². The first-order valence-corrected chi connectivity index (χ1v) is 14.0. The summed E-state index contributed by atoms with van der Waals surface area (Å²) in [6.07, 6.45) is 7.60. The van der Waals surface area contributed by atoms with Crippen molar-refractivity contribution < 1.29 is 18.7 Å². The number of nitrogens with zero attached hydrogens (tertiary/aromatic N) is 5. The number of hydrogen-bond donors (Lipinski definition) is 1. The molecule has 1 amide bonds. The number of carbonyl (C=O) groups excluding carboxylic acids is 1. The molecular weight excluding hydrogens is 535 g/mol. The van der Waals surface area contributed by atoms with Gasteiger partial charge in [0, 0.05) is 12.1 Å². The number of nitrogens with one attached hydrogen (secondary N) is 1. The van der Waals surface area contributed by atoms with Crippen LogP contribution in [0.3, 0.4) is 0 Å². The van der Waals surface area contributed by atoms with Crippen molar-refractivity contribution in [1.82, 2.24) is 24.3 Å². The van der Waals surface area contributed by atoms with Crippen molar-refractivity contribution in [2.45, 2.75) is 38.3 Å². The summed E-state index contributed by atoms with van der Waals surface area (Å²) in [5, 5.41) is 11.3. The predicted octanol–water partition coefficient (Wildman–Crippen LogP) is 5.86. The third-order valence-electron chi connectivity index (χ3n) is 7.72. The molecule has 1 fully saturated rings. The van der Waals surface area contributed by atoms with Crippen molar-refractivity contribution in [3.63, 3.8) is 0 Å². The first kappa shape index (κ1) is 26.1. The topological polar surface area (TPSA) is 96.1 Å². The molecule has 0 bridgehead atoms. The summed E-state index contributed by atoms with van der Waals surface area (Å²) in [7, 11) is 0. The normalized spacial score (nSPS) is 15.8. The summed E-state index contributed by atoms with van der Waals surface area (Å²) in [6.45, 7) is 2.93. The molecule has 3 aromatic carbocycles. The zero-order valence-electron chi connectivity index (χ0n) is 23.0. The Balaban J connectivity index is 1.13. The molecule has 1 aliphatic heterocycles. The van der Waals surface area contributed by atoms with E-state index >= 15 is 4.39 Å². The zero-order valence-corrected chi connectivity index (χ0v) is 23.0. The molecular formula is C32H29FN6O3. The Morgan fingerprint density at radius 1 is 1.12 bits per heavy atom. The number of imidazole rings is 1. The van der Waals surface area contributed by atoms with Crippen molar-refractivity contribution in [2.24, 2.45) is 0 Å². The third kappa shape index (κ3) is 5.05. The lowest BCUT2D eigenvalue weighted by molar-refractivity contribution is 0.0736. The first-order valence-electron chi connectivity index (χ1n) is 14.0. The minimum Gasteiger partial charge on any atom is -0.488 e. The van der Waals surface area contributed by atoms with E-state index in [0.717, 1.165) is 24.1 Å². The maximum Gasteiger partial charge on any atom is 0.258 e. The van der Waals surface area contributed by atoms with E-state index in [0.29, 0.717) is 53.2 Å². The third-order valence-corrected chi connectivity index (χ3v) is 7.72. The largest absolute Gasteiger partial charge is 0.488 e. The van der Waals surface area contributed by atoms with Crippen molar-refractivity contribution in [1.29, 1.82) is 0 Å². The minimum atomic E-state index is -0.602. The number of aryl methyl sites for hydroxylation is 1. The number of fused-ring (bicyclic) bond motifs is 3. The molecule has 212 valence electrons. The van der Waals surface area contributed by atoms with E-state index in [1.54, 1.807) is 30.9 Å². The van der Waals surface area contributed by atoms with E-state index in [-0.39, 0.29) is 18.2 Å². The van der Waals surface area contributed by atoms with Gasteiger partial charge in [-0.2, -0.15) is 0 Å². The van der Waals surface area contributed by atoms with Gasteiger partial charge in [-0.15, -0.1) is 10.2 Å². The van der Waals surface area contributed by atoms with Gasteiger partial charge in [0.15, 0.2) is 11.6 Å². The number of halogens is 1. The lowest BCUT2D eigenvalue weighted by atomic mass is 10.1. The van der Waals surface area contributed by atoms with Crippen LogP contribution in [0.5, 0.6) is 5.75 Å². The summed E-state index contributed by atoms with van der Waals surface area (Å²) in [5.41, 5.74) is 4.53. The van der Waals surface area contributed by atoms with Gasteiger partial charge < -0.3 is 23.9 Å². The highest BCUT2D eigenvalue weighted by Gasteiger charge is 2.28. The van der Waals surface area contributed by atoms with Crippen LogP contribution < -0.4 is 10.1 Å². The molecule has 9 nitrogen and oxygen atoms in total. The van der Waals surface area contributed by atoms with Gasteiger partial charge >= 0.3 is 0 Å². The summed E-state index contributed by atoms with van der Waals surface area (Å²) >= 11 is 0. The lowest BCUT2D eigenvalue weighted by Gasteiger charge is -2.18. The molecule has 1 N–H and O–H groups in total. The van der Waals surface area contributed by atoms with Gasteiger partial charge in [0.2, 0.25) is 0 Å². The smallest absolute Gasteiger partial charge is 0.258 e. The fourth-order valence-electron chi connectivity index (χ4n) is 5.31. The van der Waals surface area contributed by atoms with E-state index in [1.165, 1.54) is 6.07 Å². The lowest BCUT2D eigenvalue weighted by Crippen LogP contribution is -2.21. The minimum absolute atomic E-state index is 0.0705. The highest BCUT2D eigenvalue weighted by molar-refractivity contribution is 6.06. The van der Waals surface area contributed by atoms with Crippen LogP contribution >= 0.6 is 0 Å². The summed E-state index contributed by atoms with van der Waals surface area (Å²) < 4.78 is 31.2. The summed E-state index contributed by atoms with van der Waals surface area (Å²) in [4.78, 5) is 18.0. The van der Waals surface area contributed by atoms with Crippen LogP contribution in [0.25, 0.3) is 17.1 Å². The monoisotopic (exact) mass is 564 g/mol. The molecule has 10 heteroatoms. The van der Waals surface area contributed by atoms with Crippen LogP contribution in [-0.2, 0) is 11.3 Å². The Labute approximate surface area is 242 Å². The maximum absolute atomic E-state index is 15.1. The molecule has 2 aliphatic rings.